The van der Waals surface area contributed by atoms with Crippen molar-refractivity contribution in [3.05, 3.63) is 57.6 Å². The summed E-state index contributed by atoms with van der Waals surface area (Å²) in [5.41, 5.74) is 1.97. The Morgan fingerprint density at radius 3 is 2.33 bits per heavy atom. The van der Waals surface area contributed by atoms with Gasteiger partial charge in [-0.05, 0) is 49.6 Å². The Hall–Kier alpha value is -1.16. The lowest BCUT2D eigenvalue weighted by molar-refractivity contribution is 0.504. The Bertz CT molecular complexity index is 564. The van der Waals surface area contributed by atoms with Crippen molar-refractivity contribution in [2.24, 2.45) is 0 Å². The Balaban J connectivity index is 2.26. The molecule has 5 heteroatoms. The zero-order valence-corrected chi connectivity index (χ0v) is 13.7. The highest BCUT2D eigenvalue weighted by atomic mass is 35.5. The minimum absolute atomic E-state index is 0.00273. The summed E-state index contributed by atoms with van der Waals surface area (Å²) in [6.45, 7) is 5.00. The lowest BCUT2D eigenvalue weighted by atomic mass is 10.0. The highest BCUT2D eigenvalue weighted by Crippen LogP contribution is 2.28. The zero-order chi connectivity index (χ0) is 15.2. The maximum atomic E-state index is 6.27. The second-order valence-electron chi connectivity index (χ2n) is 5.03. The number of nitrogens with one attached hydrogen (secondary N) is 1. The van der Waals surface area contributed by atoms with E-state index < -0.39 is 0 Å². The van der Waals surface area contributed by atoms with Gasteiger partial charge in [-0.2, -0.15) is 0 Å². The van der Waals surface area contributed by atoms with Gasteiger partial charge in [0.25, 0.3) is 0 Å². The smallest absolute Gasteiger partial charge is 0.145 e. The van der Waals surface area contributed by atoms with Crippen LogP contribution in [0.3, 0.4) is 0 Å². The average Bonchev–Trinajstić information content (AvgIpc) is 2.47. The predicted molar refractivity (Wildman–Crippen MR) is 88.0 cm³/mol. The Kier molecular flexibility index (Phi) is 5.97. The zero-order valence-electron chi connectivity index (χ0n) is 12.2. The first kappa shape index (κ1) is 16.2. The monoisotopic (exact) mass is 323 g/mol. The Morgan fingerprint density at radius 2 is 1.76 bits per heavy atom. The van der Waals surface area contributed by atoms with Crippen molar-refractivity contribution in [1.82, 2.24) is 15.3 Å². The third-order valence-corrected chi connectivity index (χ3v) is 3.93. The first-order valence-electron chi connectivity index (χ1n) is 7.06. The quantitative estimate of drug-likeness (QED) is 0.857. The van der Waals surface area contributed by atoms with Crippen LogP contribution in [0.2, 0.25) is 10.0 Å². The minimum Gasteiger partial charge on any atom is -0.307 e. The molecule has 0 radical (unpaired) electrons. The summed E-state index contributed by atoms with van der Waals surface area (Å²) in [5.74, 6) is 0.769. The van der Waals surface area contributed by atoms with Crippen molar-refractivity contribution < 1.29 is 0 Å². The molecule has 0 aliphatic heterocycles. The van der Waals surface area contributed by atoms with E-state index in [1.807, 2.05) is 37.5 Å². The van der Waals surface area contributed by atoms with E-state index in [9.17, 15) is 0 Å². The lowest BCUT2D eigenvalue weighted by Crippen LogP contribution is -2.26. The maximum absolute atomic E-state index is 6.27. The van der Waals surface area contributed by atoms with Gasteiger partial charge < -0.3 is 5.32 Å². The number of halogens is 2. The molecule has 0 saturated carbocycles. The molecule has 0 bridgehead atoms. The number of rotatable bonds is 6. The third-order valence-electron chi connectivity index (χ3n) is 3.22. The first-order valence-corrected chi connectivity index (χ1v) is 7.82. The van der Waals surface area contributed by atoms with Gasteiger partial charge in [0.1, 0.15) is 5.82 Å². The molecule has 2 aromatic rings. The standard InChI is InChI=1S/C16H19Cl2N3/c1-3-7-19-15(16-20-9-11(2)10-21-16)8-12-13(17)5-4-6-14(12)18/h4-6,9-10,15,19H,3,7-8H2,1-2H3. The van der Waals surface area contributed by atoms with E-state index in [1.54, 1.807) is 0 Å². The molecule has 3 nitrogen and oxygen atoms in total. The fraction of sp³-hybridized carbons (Fsp3) is 0.375. The number of aromatic nitrogens is 2. The largest absolute Gasteiger partial charge is 0.307 e. The van der Waals surface area contributed by atoms with Crippen molar-refractivity contribution in [3.63, 3.8) is 0 Å². The van der Waals surface area contributed by atoms with Crippen LogP contribution in [0.1, 0.15) is 36.3 Å². The molecule has 0 amide bonds. The van der Waals surface area contributed by atoms with Crippen molar-refractivity contribution in [2.45, 2.75) is 32.7 Å². The summed E-state index contributed by atoms with van der Waals surface area (Å²) in [7, 11) is 0. The average molecular weight is 324 g/mol. The van der Waals surface area contributed by atoms with E-state index in [-0.39, 0.29) is 6.04 Å². The van der Waals surface area contributed by atoms with Gasteiger partial charge >= 0.3 is 0 Å². The molecule has 1 aromatic heterocycles. The molecule has 112 valence electrons. The van der Waals surface area contributed by atoms with Crippen LogP contribution in [0, 0.1) is 6.92 Å². The Morgan fingerprint density at radius 1 is 1.14 bits per heavy atom. The molecule has 0 spiro atoms. The summed E-state index contributed by atoms with van der Waals surface area (Å²) in [5, 5.41) is 4.82. The van der Waals surface area contributed by atoms with Gasteiger partial charge in [0.2, 0.25) is 0 Å². The molecule has 1 N–H and O–H groups in total. The molecule has 21 heavy (non-hydrogen) atoms. The molecule has 0 aliphatic rings. The normalized spacial score (nSPS) is 12.4. The molecule has 1 atom stereocenters. The van der Waals surface area contributed by atoms with Crippen LogP contribution in [0.25, 0.3) is 0 Å². The van der Waals surface area contributed by atoms with Crippen molar-refractivity contribution in [2.75, 3.05) is 6.54 Å². The molecule has 1 heterocycles. The van der Waals surface area contributed by atoms with Crippen LogP contribution in [-0.2, 0) is 6.42 Å². The van der Waals surface area contributed by atoms with E-state index in [0.717, 1.165) is 29.9 Å². The van der Waals surface area contributed by atoms with Gasteiger partial charge in [0.15, 0.2) is 0 Å². The van der Waals surface area contributed by atoms with Crippen LogP contribution >= 0.6 is 23.2 Å². The number of nitrogens with zero attached hydrogens (tertiary/aromatic N) is 2. The van der Waals surface area contributed by atoms with Gasteiger partial charge in [0, 0.05) is 22.4 Å². The third kappa shape index (κ3) is 4.40. The molecule has 0 fully saturated rings. The van der Waals surface area contributed by atoms with Gasteiger partial charge in [0.05, 0.1) is 6.04 Å². The van der Waals surface area contributed by atoms with Gasteiger partial charge in [-0.15, -0.1) is 0 Å². The second kappa shape index (κ2) is 7.74. The minimum atomic E-state index is 0.00273. The van der Waals surface area contributed by atoms with Crippen molar-refractivity contribution >= 4 is 23.2 Å². The van der Waals surface area contributed by atoms with Gasteiger partial charge in [-0.1, -0.05) is 36.2 Å². The fourth-order valence-corrected chi connectivity index (χ4v) is 2.64. The van der Waals surface area contributed by atoms with E-state index in [2.05, 4.69) is 22.2 Å². The van der Waals surface area contributed by atoms with E-state index in [4.69, 9.17) is 23.2 Å². The van der Waals surface area contributed by atoms with Crippen molar-refractivity contribution in [3.8, 4) is 0 Å². The van der Waals surface area contributed by atoms with E-state index >= 15 is 0 Å². The molecule has 0 saturated heterocycles. The predicted octanol–water partition coefficient (Wildman–Crippen LogP) is 4.38. The van der Waals surface area contributed by atoms with E-state index in [1.165, 1.54) is 0 Å². The number of hydrogen-bond donors (Lipinski definition) is 1. The summed E-state index contributed by atoms with van der Waals surface area (Å²) in [6, 6.07) is 5.57. The Labute approximate surface area is 135 Å². The lowest BCUT2D eigenvalue weighted by Gasteiger charge is -2.18. The molecule has 0 aliphatic carbocycles. The molecular weight excluding hydrogens is 305 g/mol. The van der Waals surface area contributed by atoms with Crippen LogP contribution < -0.4 is 5.32 Å². The highest BCUT2D eigenvalue weighted by Gasteiger charge is 2.17. The summed E-state index contributed by atoms with van der Waals surface area (Å²) in [4.78, 5) is 8.85. The SMILES string of the molecule is CCCNC(Cc1c(Cl)cccc1Cl)c1ncc(C)cn1. The number of hydrogen-bond acceptors (Lipinski definition) is 3. The van der Waals surface area contributed by atoms with E-state index in [0.29, 0.717) is 16.5 Å². The van der Waals surface area contributed by atoms with Gasteiger partial charge in [-0.25, -0.2) is 9.97 Å². The molecular formula is C16H19Cl2N3. The van der Waals surface area contributed by atoms with Gasteiger partial charge in [-0.3, -0.25) is 0 Å². The highest BCUT2D eigenvalue weighted by molar-refractivity contribution is 6.36. The van der Waals surface area contributed by atoms with Crippen LogP contribution in [0.15, 0.2) is 30.6 Å². The first-order chi connectivity index (χ1) is 10.1. The summed E-state index contributed by atoms with van der Waals surface area (Å²) >= 11 is 12.5. The summed E-state index contributed by atoms with van der Waals surface area (Å²) < 4.78 is 0. The molecule has 2 rings (SSSR count). The van der Waals surface area contributed by atoms with Crippen LogP contribution in [0.5, 0.6) is 0 Å². The topological polar surface area (TPSA) is 37.8 Å². The number of aryl methyl sites for hydroxylation is 1. The summed E-state index contributed by atoms with van der Waals surface area (Å²) in [6.07, 6.45) is 5.37. The van der Waals surface area contributed by atoms with Crippen LogP contribution in [0.4, 0.5) is 0 Å². The van der Waals surface area contributed by atoms with Crippen LogP contribution in [-0.4, -0.2) is 16.5 Å². The number of benzene rings is 1. The molecule has 1 aromatic carbocycles. The second-order valence-corrected chi connectivity index (χ2v) is 5.84. The fourth-order valence-electron chi connectivity index (χ4n) is 2.09. The van der Waals surface area contributed by atoms with Crippen molar-refractivity contribution in [1.29, 1.82) is 0 Å². The molecule has 1 unspecified atom stereocenters. The maximum Gasteiger partial charge on any atom is 0.145 e.